The molecule has 1 aliphatic heterocycles. The predicted molar refractivity (Wildman–Crippen MR) is 127 cm³/mol. The van der Waals surface area contributed by atoms with Crippen LogP contribution < -0.4 is 5.73 Å². The summed E-state index contributed by atoms with van der Waals surface area (Å²) in [7, 11) is 2.47. The molecule has 3 aromatic rings. The third-order valence-electron chi connectivity index (χ3n) is 5.33. The lowest BCUT2D eigenvalue weighted by atomic mass is 10.2. The summed E-state index contributed by atoms with van der Waals surface area (Å²) in [6.45, 7) is -0.218. The van der Waals surface area contributed by atoms with Crippen molar-refractivity contribution in [3.8, 4) is 0 Å². The lowest BCUT2D eigenvalue weighted by Crippen LogP contribution is -2.24. The number of aliphatic hydroxyl groups is 2. The second kappa shape index (κ2) is 9.49. The van der Waals surface area contributed by atoms with E-state index in [1.807, 2.05) is 22.6 Å². The van der Waals surface area contributed by atoms with Crippen LogP contribution in [0.2, 0.25) is 0 Å². The summed E-state index contributed by atoms with van der Waals surface area (Å²) < 4.78 is 14.2. The van der Waals surface area contributed by atoms with E-state index in [0.29, 0.717) is 22.2 Å². The van der Waals surface area contributed by atoms with E-state index in [1.165, 1.54) is 12.4 Å². The van der Waals surface area contributed by atoms with E-state index in [2.05, 4.69) is 19.2 Å². The number of aliphatic hydroxyl groups excluding tert-OH is 2. The summed E-state index contributed by atoms with van der Waals surface area (Å²) >= 11 is 2.02. The number of nitrogens with two attached hydrogens (primary N) is 1. The van der Waals surface area contributed by atoms with Crippen LogP contribution in [0.15, 0.2) is 30.7 Å². The van der Waals surface area contributed by atoms with Crippen molar-refractivity contribution >= 4 is 54.4 Å². The van der Waals surface area contributed by atoms with E-state index >= 15 is 0 Å². The molecule has 3 heterocycles. The van der Waals surface area contributed by atoms with Gasteiger partial charge in [0.15, 0.2) is 0 Å². The molecule has 0 amide bonds. The number of halogens is 1. The topological polar surface area (TPSA) is 159 Å². The van der Waals surface area contributed by atoms with Gasteiger partial charge in [-0.3, -0.25) is 10.1 Å². The first-order valence-electron chi connectivity index (χ1n) is 9.65. The Morgan fingerprint density at radius 2 is 2.25 bits per heavy atom. The Morgan fingerprint density at radius 3 is 2.94 bits per heavy atom. The van der Waals surface area contributed by atoms with Crippen molar-refractivity contribution < 1.29 is 24.6 Å². The highest BCUT2D eigenvalue weighted by Crippen LogP contribution is 2.37. The zero-order valence-electron chi connectivity index (χ0n) is 16.7. The number of nitro benzene ring substituents is 1. The number of benzene rings is 1. The largest absolute Gasteiger partial charge is 0.394 e. The second-order valence-electron chi connectivity index (χ2n) is 7.33. The van der Waals surface area contributed by atoms with E-state index in [0.717, 1.165) is 3.57 Å². The van der Waals surface area contributed by atoms with Crippen molar-refractivity contribution in [2.45, 2.75) is 37.3 Å². The van der Waals surface area contributed by atoms with Crippen molar-refractivity contribution in [1.82, 2.24) is 14.5 Å². The van der Waals surface area contributed by atoms with Crippen LogP contribution in [0.4, 0.5) is 11.5 Å². The molecular weight excluding hydrogens is 552 g/mol. The molecule has 2 unspecified atom stereocenters. The van der Waals surface area contributed by atoms with Gasteiger partial charge in [-0.2, -0.15) is 0 Å². The van der Waals surface area contributed by atoms with Gasteiger partial charge in [0, 0.05) is 27.8 Å². The molecule has 1 fully saturated rings. The summed E-state index contributed by atoms with van der Waals surface area (Å²) in [6, 6.07) is 4.94. The Balaban J connectivity index is 1.62. The summed E-state index contributed by atoms with van der Waals surface area (Å²) in [4.78, 5) is 19.4. The third kappa shape index (κ3) is 4.43. The Morgan fingerprint density at radius 1 is 1.47 bits per heavy atom. The Labute approximate surface area is 198 Å². The van der Waals surface area contributed by atoms with Gasteiger partial charge in [0.05, 0.1) is 35.2 Å². The van der Waals surface area contributed by atoms with Gasteiger partial charge in [-0.25, -0.2) is 9.97 Å². The van der Waals surface area contributed by atoms with Crippen molar-refractivity contribution in [1.29, 1.82) is 0 Å². The summed E-state index contributed by atoms with van der Waals surface area (Å²) in [5, 5.41) is 31.5. The normalized spacial score (nSPS) is 21.8. The van der Waals surface area contributed by atoms with Crippen LogP contribution >= 0.6 is 31.8 Å². The van der Waals surface area contributed by atoms with Crippen molar-refractivity contribution in [3.05, 3.63) is 55.5 Å². The number of hydrogen-bond acceptors (Lipinski definition) is 9. The number of aromatic nitrogens is 3. The summed E-state index contributed by atoms with van der Waals surface area (Å²) in [6.07, 6.45) is 1.33. The van der Waals surface area contributed by atoms with Gasteiger partial charge < -0.3 is 30.0 Å². The Kier molecular flexibility index (Phi) is 6.89. The number of nitrogens with zero attached hydrogens (tertiary/aromatic N) is 4. The predicted octanol–water partition coefficient (Wildman–Crippen LogP) is 2.26. The fraction of sp³-hybridized carbons (Fsp3) is 0.368. The molecule has 1 saturated heterocycles. The fourth-order valence-corrected chi connectivity index (χ4v) is 4.60. The highest BCUT2D eigenvalue weighted by molar-refractivity contribution is 14.1. The monoisotopic (exact) mass is 573 g/mol. The Bertz CT molecular complexity index is 1160. The minimum absolute atomic E-state index is 0.0226. The van der Waals surface area contributed by atoms with Gasteiger partial charge in [0.1, 0.15) is 36.0 Å². The fourth-order valence-electron chi connectivity index (χ4n) is 3.75. The lowest BCUT2D eigenvalue weighted by Gasteiger charge is -2.14. The molecule has 0 saturated carbocycles. The molecule has 0 radical (unpaired) electrons. The highest BCUT2D eigenvalue weighted by Gasteiger charge is 2.35. The number of hydrogen-bond donors (Lipinski definition) is 3. The van der Waals surface area contributed by atoms with E-state index < -0.39 is 29.2 Å². The molecule has 0 bridgehead atoms. The molecule has 170 valence electrons. The number of fused-ring (bicyclic) bond motifs is 1. The molecule has 0 spiro atoms. The first-order chi connectivity index (χ1) is 15.3. The van der Waals surface area contributed by atoms with Crippen LogP contribution in [0.5, 0.6) is 0 Å². The third-order valence-corrected chi connectivity index (χ3v) is 6.55. The number of anilines is 1. The molecule has 1 aromatic carbocycles. The number of nitrogen functional groups attached to an aromatic ring is 1. The zero-order valence-corrected chi connectivity index (χ0v) is 20.0. The zero-order chi connectivity index (χ0) is 23.0. The number of nitro groups is 1. The molecule has 13 heteroatoms. The van der Waals surface area contributed by atoms with Crippen LogP contribution in [0, 0.1) is 13.7 Å². The van der Waals surface area contributed by atoms with Crippen LogP contribution in [0.3, 0.4) is 0 Å². The van der Waals surface area contributed by atoms with Gasteiger partial charge in [0.2, 0.25) is 0 Å². The van der Waals surface area contributed by atoms with Gasteiger partial charge in [-0.1, -0.05) is 0 Å². The number of rotatable bonds is 7. The minimum Gasteiger partial charge on any atom is -0.394 e. The first kappa shape index (κ1) is 23.2. The van der Waals surface area contributed by atoms with Crippen LogP contribution in [0.1, 0.15) is 29.6 Å². The summed E-state index contributed by atoms with van der Waals surface area (Å²) in [5.74, 6) is -0.384. The van der Waals surface area contributed by atoms with Crippen molar-refractivity contribution in [3.63, 3.8) is 0 Å². The average molecular weight is 573 g/mol. The molecule has 11 nitrogen and oxygen atoms in total. The standard InChI is InChI=1S/C19H21IN5O6P/c20-10-1-2-11(12(3-10)25(28)29)19(32)30-7-9-5-24(15-4-13(27)14(6-26)31-15)18-16(9)17(21)22-8-23-18/h1-3,5,8,13-15,19,26-27H,4,6-7,32H2,(H2,21,22,23)/t13?,14-,15-,19-/m1/s1. The Hall–Kier alpha value is -1.96. The molecular formula is C19H21IN5O6P. The van der Waals surface area contributed by atoms with Crippen LogP contribution in [-0.4, -0.2) is 48.5 Å². The molecule has 5 atom stereocenters. The second-order valence-corrected chi connectivity index (χ2v) is 9.18. The number of ether oxygens (including phenoxy) is 2. The molecule has 4 rings (SSSR count). The first-order valence-corrected chi connectivity index (χ1v) is 11.4. The minimum atomic E-state index is -0.806. The van der Waals surface area contributed by atoms with Gasteiger partial charge >= 0.3 is 0 Å². The maximum absolute atomic E-state index is 11.4. The van der Waals surface area contributed by atoms with E-state index in [4.69, 9.17) is 15.2 Å². The van der Waals surface area contributed by atoms with Gasteiger partial charge in [-0.15, -0.1) is 9.24 Å². The van der Waals surface area contributed by atoms with Gasteiger partial charge in [-0.05, 0) is 34.7 Å². The van der Waals surface area contributed by atoms with Gasteiger partial charge in [0.25, 0.3) is 5.69 Å². The van der Waals surface area contributed by atoms with Crippen molar-refractivity contribution in [2.75, 3.05) is 12.3 Å². The summed E-state index contributed by atoms with van der Waals surface area (Å²) in [5.41, 5.74) is 7.69. The molecule has 1 aliphatic rings. The molecule has 2 aromatic heterocycles. The maximum atomic E-state index is 11.4. The van der Waals surface area contributed by atoms with E-state index in [1.54, 1.807) is 22.9 Å². The van der Waals surface area contributed by atoms with Crippen LogP contribution in [0.25, 0.3) is 11.0 Å². The average Bonchev–Trinajstić information content (AvgIpc) is 3.32. The van der Waals surface area contributed by atoms with Crippen molar-refractivity contribution in [2.24, 2.45) is 0 Å². The molecule has 0 aliphatic carbocycles. The highest BCUT2D eigenvalue weighted by atomic mass is 127. The molecule has 4 N–H and O–H groups in total. The molecule has 32 heavy (non-hydrogen) atoms. The van der Waals surface area contributed by atoms with Crippen LogP contribution in [-0.2, 0) is 16.1 Å². The smallest absolute Gasteiger partial charge is 0.276 e. The SMILES string of the molecule is Nc1ncnc2c1c(CO[C@H](P)c1ccc(I)cc1[N+](=O)[O-])cn2[C@H]1CC(O)[C@@H](CO)O1. The quantitative estimate of drug-likeness (QED) is 0.167. The lowest BCUT2D eigenvalue weighted by molar-refractivity contribution is -0.386. The maximum Gasteiger partial charge on any atom is 0.276 e. The van der Waals surface area contributed by atoms with E-state index in [-0.39, 0.29) is 31.1 Å². The van der Waals surface area contributed by atoms with E-state index in [9.17, 15) is 20.3 Å².